The zero-order valence-electron chi connectivity index (χ0n) is 9.26. The van der Waals surface area contributed by atoms with E-state index >= 15 is 0 Å². The zero-order chi connectivity index (χ0) is 11.8. The van der Waals surface area contributed by atoms with Crippen molar-refractivity contribution < 1.29 is 4.39 Å². The molecule has 0 N–H and O–H groups in total. The van der Waals surface area contributed by atoms with Gasteiger partial charge in [-0.15, -0.1) is 5.10 Å². The Morgan fingerprint density at radius 2 is 1.94 bits per heavy atom. The lowest BCUT2D eigenvalue weighted by Gasteiger charge is -1.95. The Bertz CT molecular complexity index is 635. The molecule has 0 aliphatic carbocycles. The van der Waals surface area contributed by atoms with Gasteiger partial charge in [-0.3, -0.25) is 0 Å². The van der Waals surface area contributed by atoms with E-state index in [1.54, 1.807) is 13.0 Å². The van der Waals surface area contributed by atoms with E-state index in [1.165, 1.54) is 10.7 Å². The smallest absolute Gasteiger partial charge is 0.182 e. The first-order valence-corrected chi connectivity index (χ1v) is 5.32. The van der Waals surface area contributed by atoms with Crippen molar-refractivity contribution in [2.45, 2.75) is 6.92 Å². The molecule has 0 saturated carbocycles. The van der Waals surface area contributed by atoms with Crippen molar-refractivity contribution in [3.63, 3.8) is 0 Å². The van der Waals surface area contributed by atoms with Crippen LogP contribution >= 0.6 is 0 Å². The summed E-state index contributed by atoms with van der Waals surface area (Å²) in [6.45, 7) is 1.71. The maximum absolute atomic E-state index is 13.4. The van der Waals surface area contributed by atoms with Gasteiger partial charge < -0.3 is 0 Å². The summed E-state index contributed by atoms with van der Waals surface area (Å²) in [5.41, 5.74) is 2.15. The average Bonchev–Trinajstić information content (AvgIpc) is 2.74. The Balaban J connectivity index is 2.21. The third kappa shape index (κ3) is 1.67. The van der Waals surface area contributed by atoms with Crippen LogP contribution in [0.4, 0.5) is 4.39 Å². The van der Waals surface area contributed by atoms with E-state index < -0.39 is 0 Å². The Morgan fingerprint density at radius 3 is 2.71 bits per heavy atom. The lowest BCUT2D eigenvalue weighted by atomic mass is 10.2. The van der Waals surface area contributed by atoms with Gasteiger partial charge in [0.1, 0.15) is 5.82 Å². The van der Waals surface area contributed by atoms with Gasteiger partial charge in [-0.2, -0.15) is 0 Å². The van der Waals surface area contributed by atoms with Crippen molar-refractivity contribution in [2.24, 2.45) is 0 Å². The van der Waals surface area contributed by atoms with E-state index in [-0.39, 0.29) is 5.82 Å². The fraction of sp³-hybridized carbons (Fsp3) is 0.0769. The van der Waals surface area contributed by atoms with Gasteiger partial charge in [0.15, 0.2) is 11.5 Å². The molecule has 0 amide bonds. The summed E-state index contributed by atoms with van der Waals surface area (Å²) in [6.07, 6.45) is 1.35. The van der Waals surface area contributed by atoms with Gasteiger partial charge in [0.05, 0.1) is 6.20 Å². The molecule has 0 aliphatic rings. The molecule has 0 unspecified atom stereocenters. The van der Waals surface area contributed by atoms with Crippen molar-refractivity contribution >= 4 is 5.65 Å². The highest BCUT2D eigenvalue weighted by Crippen LogP contribution is 2.17. The van der Waals surface area contributed by atoms with Crippen LogP contribution in [0.15, 0.2) is 42.6 Å². The van der Waals surface area contributed by atoms with Crippen LogP contribution in [0.25, 0.3) is 17.0 Å². The van der Waals surface area contributed by atoms with Gasteiger partial charge in [-0.25, -0.2) is 13.9 Å². The van der Waals surface area contributed by atoms with E-state index in [0.29, 0.717) is 17.0 Å². The molecule has 0 spiro atoms. The highest BCUT2D eigenvalue weighted by Gasteiger charge is 2.07. The fourth-order valence-electron chi connectivity index (χ4n) is 1.71. The predicted octanol–water partition coefficient (Wildman–Crippen LogP) is 2.84. The van der Waals surface area contributed by atoms with Crippen LogP contribution in [0.3, 0.4) is 0 Å². The molecule has 3 rings (SSSR count). The standard InChI is InChI=1S/C13H10FN3/c1-9-7-12-15-13(10-5-3-2-4-6-10)16-17(12)8-11(9)14/h2-8H,1H3. The number of hydrogen-bond acceptors (Lipinski definition) is 2. The predicted molar refractivity (Wildman–Crippen MR) is 63.1 cm³/mol. The maximum atomic E-state index is 13.4. The van der Waals surface area contributed by atoms with Gasteiger partial charge in [0, 0.05) is 5.56 Å². The molecule has 17 heavy (non-hydrogen) atoms. The Hall–Kier alpha value is -2.23. The molecule has 0 radical (unpaired) electrons. The van der Waals surface area contributed by atoms with Crippen LogP contribution in [0.1, 0.15) is 5.56 Å². The lowest BCUT2D eigenvalue weighted by Crippen LogP contribution is -1.91. The summed E-state index contributed by atoms with van der Waals surface area (Å²) in [5.74, 6) is 0.331. The Morgan fingerprint density at radius 1 is 1.18 bits per heavy atom. The van der Waals surface area contributed by atoms with Crippen LogP contribution in [0.2, 0.25) is 0 Å². The molecule has 84 valence electrons. The minimum atomic E-state index is -0.276. The number of benzene rings is 1. The molecular formula is C13H10FN3. The van der Waals surface area contributed by atoms with Crippen LogP contribution in [0.5, 0.6) is 0 Å². The molecule has 0 saturated heterocycles. The molecule has 0 atom stereocenters. The second kappa shape index (κ2) is 3.66. The largest absolute Gasteiger partial charge is 0.218 e. The van der Waals surface area contributed by atoms with Crippen LogP contribution in [-0.2, 0) is 0 Å². The molecule has 3 nitrogen and oxygen atoms in total. The van der Waals surface area contributed by atoms with E-state index in [1.807, 2.05) is 30.3 Å². The zero-order valence-corrected chi connectivity index (χ0v) is 9.26. The van der Waals surface area contributed by atoms with Gasteiger partial charge in [0.25, 0.3) is 0 Å². The molecule has 0 aliphatic heterocycles. The SMILES string of the molecule is Cc1cc2nc(-c3ccccc3)nn2cc1F. The molecule has 1 aromatic carbocycles. The van der Waals surface area contributed by atoms with E-state index in [0.717, 1.165) is 5.56 Å². The minimum Gasteiger partial charge on any atom is -0.218 e. The first-order valence-electron chi connectivity index (χ1n) is 5.32. The van der Waals surface area contributed by atoms with Gasteiger partial charge >= 0.3 is 0 Å². The number of hydrogen-bond donors (Lipinski definition) is 0. The number of aryl methyl sites for hydroxylation is 1. The summed E-state index contributed by atoms with van der Waals surface area (Å²) in [7, 11) is 0. The van der Waals surface area contributed by atoms with E-state index in [2.05, 4.69) is 10.1 Å². The third-order valence-corrected chi connectivity index (χ3v) is 2.65. The number of rotatable bonds is 1. The topological polar surface area (TPSA) is 30.2 Å². The fourth-order valence-corrected chi connectivity index (χ4v) is 1.71. The number of nitrogens with zero attached hydrogens (tertiary/aromatic N) is 3. The first-order chi connectivity index (χ1) is 8.24. The van der Waals surface area contributed by atoms with Gasteiger partial charge in [-0.05, 0) is 18.6 Å². The number of aromatic nitrogens is 3. The molecule has 4 heteroatoms. The van der Waals surface area contributed by atoms with Crippen molar-refractivity contribution in [3.05, 3.63) is 54.0 Å². The second-order valence-electron chi connectivity index (χ2n) is 3.91. The van der Waals surface area contributed by atoms with Gasteiger partial charge in [-0.1, -0.05) is 30.3 Å². The van der Waals surface area contributed by atoms with Crippen LogP contribution < -0.4 is 0 Å². The summed E-state index contributed by atoms with van der Waals surface area (Å²) in [4.78, 5) is 4.37. The molecule has 3 aromatic rings. The highest BCUT2D eigenvalue weighted by molar-refractivity contribution is 5.58. The normalized spacial score (nSPS) is 10.9. The van der Waals surface area contributed by atoms with Crippen LogP contribution in [-0.4, -0.2) is 14.6 Å². The van der Waals surface area contributed by atoms with Crippen LogP contribution in [0, 0.1) is 12.7 Å². The van der Waals surface area contributed by atoms with Crippen molar-refractivity contribution in [3.8, 4) is 11.4 Å². The highest BCUT2D eigenvalue weighted by atomic mass is 19.1. The Labute approximate surface area is 97.5 Å². The lowest BCUT2D eigenvalue weighted by molar-refractivity contribution is 0.605. The summed E-state index contributed by atoms with van der Waals surface area (Å²) < 4.78 is 14.8. The monoisotopic (exact) mass is 227 g/mol. The van der Waals surface area contributed by atoms with Crippen molar-refractivity contribution in [2.75, 3.05) is 0 Å². The minimum absolute atomic E-state index is 0.276. The molecule has 2 heterocycles. The third-order valence-electron chi connectivity index (χ3n) is 2.65. The van der Waals surface area contributed by atoms with Crippen molar-refractivity contribution in [1.82, 2.24) is 14.6 Å². The van der Waals surface area contributed by atoms with Crippen molar-refractivity contribution in [1.29, 1.82) is 0 Å². The quantitative estimate of drug-likeness (QED) is 0.640. The van der Waals surface area contributed by atoms with Gasteiger partial charge in [0.2, 0.25) is 0 Å². The second-order valence-corrected chi connectivity index (χ2v) is 3.91. The Kier molecular flexibility index (Phi) is 2.14. The summed E-state index contributed by atoms with van der Waals surface area (Å²) in [5, 5.41) is 4.25. The van der Waals surface area contributed by atoms with E-state index in [9.17, 15) is 4.39 Å². The molecular weight excluding hydrogens is 217 g/mol. The number of fused-ring (bicyclic) bond motifs is 1. The van der Waals surface area contributed by atoms with E-state index in [4.69, 9.17) is 0 Å². The molecule has 0 fully saturated rings. The number of halogens is 1. The average molecular weight is 227 g/mol. The summed E-state index contributed by atoms with van der Waals surface area (Å²) in [6, 6.07) is 11.3. The summed E-state index contributed by atoms with van der Waals surface area (Å²) >= 11 is 0. The molecule has 0 bridgehead atoms. The number of pyridine rings is 1. The molecule has 2 aromatic heterocycles. The first kappa shape index (κ1) is 9.96. The maximum Gasteiger partial charge on any atom is 0.182 e.